The molecule has 5 nitrogen and oxygen atoms in total. The van der Waals surface area contributed by atoms with Gasteiger partial charge in [0.15, 0.2) is 0 Å². The molecule has 5 rings (SSSR count). The van der Waals surface area contributed by atoms with Crippen molar-refractivity contribution in [2.45, 2.75) is 45.2 Å². The van der Waals surface area contributed by atoms with E-state index in [1.165, 1.54) is 11.3 Å². The maximum Gasteiger partial charge on any atom is 0.266 e. The molecule has 1 aliphatic rings. The van der Waals surface area contributed by atoms with Gasteiger partial charge in [0.25, 0.3) is 5.91 Å². The van der Waals surface area contributed by atoms with Crippen LogP contribution in [-0.4, -0.2) is 35.0 Å². The summed E-state index contributed by atoms with van der Waals surface area (Å²) in [7, 11) is 1.66. The molecule has 0 radical (unpaired) electrons. The molecule has 0 unspecified atom stereocenters. The summed E-state index contributed by atoms with van der Waals surface area (Å²) in [6.45, 7) is 4.26. The van der Waals surface area contributed by atoms with Gasteiger partial charge in [-0.05, 0) is 62.4 Å². The Morgan fingerprint density at radius 3 is 2.35 bits per heavy atom. The van der Waals surface area contributed by atoms with Crippen LogP contribution < -0.4 is 10.5 Å². The zero-order valence-corrected chi connectivity index (χ0v) is 20.6. The number of piperidine rings is 1. The molecule has 1 amide bonds. The average Bonchev–Trinajstić information content (AvgIpc) is 3.20. The van der Waals surface area contributed by atoms with Gasteiger partial charge in [0.05, 0.1) is 18.5 Å². The third-order valence-electron chi connectivity index (χ3n) is 6.79. The number of rotatable bonds is 4. The number of hydrogen-bond donors (Lipinski definition) is 1. The summed E-state index contributed by atoms with van der Waals surface area (Å²) >= 11 is 1.40. The molecule has 1 fully saturated rings. The van der Waals surface area contributed by atoms with Crippen molar-refractivity contribution in [1.29, 1.82) is 0 Å². The molecule has 2 aromatic heterocycles. The number of pyridine rings is 1. The summed E-state index contributed by atoms with van der Waals surface area (Å²) in [5.41, 5.74) is 11.1. The molecule has 34 heavy (non-hydrogen) atoms. The maximum absolute atomic E-state index is 13.7. The van der Waals surface area contributed by atoms with Crippen molar-refractivity contribution >= 4 is 33.1 Å². The first-order chi connectivity index (χ1) is 16.5. The van der Waals surface area contributed by atoms with Gasteiger partial charge in [-0.1, -0.05) is 42.5 Å². The molecule has 0 spiro atoms. The maximum atomic E-state index is 13.7. The zero-order chi connectivity index (χ0) is 23.8. The Bertz CT molecular complexity index is 1320. The molecular formula is C28H29N3O2S. The predicted octanol–water partition coefficient (Wildman–Crippen LogP) is 6.62. The van der Waals surface area contributed by atoms with E-state index < -0.39 is 0 Å². The van der Waals surface area contributed by atoms with Gasteiger partial charge in [0.1, 0.15) is 15.5 Å². The Balaban J connectivity index is 1.70. The molecular weight excluding hydrogens is 442 g/mol. The molecule has 2 N–H and O–H groups in total. The van der Waals surface area contributed by atoms with Crippen LogP contribution in [0, 0.1) is 0 Å². The third-order valence-corrected chi connectivity index (χ3v) is 7.88. The summed E-state index contributed by atoms with van der Waals surface area (Å²) in [5.74, 6) is 0.807. The lowest BCUT2D eigenvalue weighted by atomic mass is 9.96. The summed E-state index contributed by atoms with van der Waals surface area (Å²) in [5, 5.41) is 0.843. The second-order valence-electron chi connectivity index (χ2n) is 9.02. The van der Waals surface area contributed by atoms with Crippen molar-refractivity contribution in [2.75, 3.05) is 12.8 Å². The number of benzene rings is 2. The number of methoxy groups -OCH3 is 1. The van der Waals surface area contributed by atoms with E-state index in [2.05, 4.69) is 19.9 Å². The monoisotopic (exact) mass is 471 g/mol. The average molecular weight is 472 g/mol. The Labute approximate surface area is 204 Å². The molecule has 2 atom stereocenters. The standard InChI is InChI=1S/C28H29N3O2S/c1-17-8-7-9-18(2)31(17)28(32)26-25(29)24-22(19-12-14-21(33-3)15-13-19)16-23(30-27(24)34-26)20-10-5-4-6-11-20/h4-6,10-18H,7-9,29H2,1-3H3/t17-,18-/m0/s1. The zero-order valence-electron chi connectivity index (χ0n) is 19.7. The number of carbonyl (C=O) groups is 1. The van der Waals surface area contributed by atoms with Gasteiger partial charge >= 0.3 is 0 Å². The Hall–Kier alpha value is -3.38. The first kappa shape index (κ1) is 22.4. The van der Waals surface area contributed by atoms with Gasteiger partial charge in [0, 0.05) is 23.0 Å². The SMILES string of the molecule is COc1ccc(-c2cc(-c3ccccc3)nc3sc(C(=O)N4[C@@H](C)CCC[C@@H]4C)c(N)c23)cc1. The number of likely N-dealkylation sites (tertiary alicyclic amines) is 1. The van der Waals surface area contributed by atoms with Gasteiger partial charge < -0.3 is 15.4 Å². The van der Waals surface area contributed by atoms with Crippen LogP contribution in [0.5, 0.6) is 5.75 Å². The van der Waals surface area contributed by atoms with Crippen LogP contribution >= 0.6 is 11.3 Å². The second-order valence-corrected chi connectivity index (χ2v) is 10.0. The number of amides is 1. The molecule has 3 heterocycles. The number of aromatic nitrogens is 1. The van der Waals surface area contributed by atoms with E-state index in [1.807, 2.05) is 59.5 Å². The van der Waals surface area contributed by atoms with E-state index in [1.54, 1.807) is 7.11 Å². The molecule has 6 heteroatoms. The number of nitrogens with two attached hydrogens (primary N) is 1. The highest BCUT2D eigenvalue weighted by molar-refractivity contribution is 7.21. The number of nitrogens with zero attached hydrogens (tertiary/aromatic N) is 2. The van der Waals surface area contributed by atoms with E-state index in [4.69, 9.17) is 15.5 Å². The van der Waals surface area contributed by atoms with Crippen molar-refractivity contribution < 1.29 is 9.53 Å². The first-order valence-electron chi connectivity index (χ1n) is 11.7. The Morgan fingerprint density at radius 2 is 1.71 bits per heavy atom. The lowest BCUT2D eigenvalue weighted by molar-refractivity contribution is 0.0517. The smallest absolute Gasteiger partial charge is 0.266 e. The fourth-order valence-electron chi connectivity index (χ4n) is 4.97. The van der Waals surface area contributed by atoms with Crippen molar-refractivity contribution in [3.63, 3.8) is 0 Å². The molecule has 1 aliphatic heterocycles. The number of hydrogen-bond acceptors (Lipinski definition) is 5. The minimum Gasteiger partial charge on any atom is -0.497 e. The number of anilines is 1. The van der Waals surface area contributed by atoms with Crippen molar-refractivity contribution in [2.24, 2.45) is 0 Å². The van der Waals surface area contributed by atoms with Gasteiger partial charge in [-0.25, -0.2) is 4.98 Å². The minimum absolute atomic E-state index is 0.0159. The lowest BCUT2D eigenvalue weighted by Crippen LogP contribution is -2.47. The van der Waals surface area contributed by atoms with Crippen LogP contribution in [0.4, 0.5) is 5.69 Å². The van der Waals surface area contributed by atoms with E-state index in [-0.39, 0.29) is 18.0 Å². The first-order valence-corrected chi connectivity index (χ1v) is 12.5. The largest absolute Gasteiger partial charge is 0.497 e. The highest BCUT2D eigenvalue weighted by atomic mass is 32.1. The molecule has 174 valence electrons. The molecule has 4 aromatic rings. The second kappa shape index (κ2) is 9.11. The van der Waals surface area contributed by atoms with Crippen molar-refractivity contribution in [1.82, 2.24) is 9.88 Å². The van der Waals surface area contributed by atoms with Crippen LogP contribution in [-0.2, 0) is 0 Å². The number of thiophene rings is 1. The number of carbonyl (C=O) groups excluding carboxylic acids is 1. The summed E-state index contributed by atoms with van der Waals surface area (Å²) in [6, 6.07) is 20.5. The van der Waals surface area contributed by atoms with Crippen LogP contribution in [0.25, 0.3) is 32.6 Å². The van der Waals surface area contributed by atoms with Crippen LogP contribution in [0.1, 0.15) is 42.8 Å². The Morgan fingerprint density at radius 1 is 1.03 bits per heavy atom. The summed E-state index contributed by atoms with van der Waals surface area (Å²) in [6.07, 6.45) is 3.19. The molecule has 0 bridgehead atoms. The van der Waals surface area contributed by atoms with Crippen molar-refractivity contribution in [3.8, 4) is 28.1 Å². The predicted molar refractivity (Wildman–Crippen MR) is 140 cm³/mol. The topological polar surface area (TPSA) is 68.5 Å². The van der Waals surface area contributed by atoms with Crippen LogP contribution in [0.2, 0.25) is 0 Å². The van der Waals surface area contributed by atoms with Crippen LogP contribution in [0.15, 0.2) is 60.7 Å². The summed E-state index contributed by atoms with van der Waals surface area (Å²) in [4.78, 5) is 22.0. The van der Waals surface area contributed by atoms with Crippen LogP contribution in [0.3, 0.4) is 0 Å². The van der Waals surface area contributed by atoms with Gasteiger partial charge in [-0.3, -0.25) is 4.79 Å². The molecule has 1 saturated heterocycles. The van der Waals surface area contributed by atoms with Gasteiger partial charge in [-0.15, -0.1) is 11.3 Å². The highest BCUT2D eigenvalue weighted by Crippen LogP contribution is 2.42. The summed E-state index contributed by atoms with van der Waals surface area (Å²) < 4.78 is 5.35. The van der Waals surface area contributed by atoms with E-state index >= 15 is 0 Å². The normalized spacial score (nSPS) is 18.3. The fourth-order valence-corrected chi connectivity index (χ4v) is 6.04. The highest BCUT2D eigenvalue weighted by Gasteiger charge is 2.32. The molecule has 0 saturated carbocycles. The minimum atomic E-state index is 0.0159. The number of ether oxygens (including phenoxy) is 1. The van der Waals surface area contributed by atoms with E-state index in [0.717, 1.165) is 57.6 Å². The molecule has 0 aliphatic carbocycles. The lowest BCUT2D eigenvalue weighted by Gasteiger charge is -2.38. The fraction of sp³-hybridized carbons (Fsp3) is 0.286. The van der Waals surface area contributed by atoms with Gasteiger partial charge in [0.2, 0.25) is 0 Å². The van der Waals surface area contributed by atoms with E-state index in [0.29, 0.717) is 10.6 Å². The molecule has 2 aromatic carbocycles. The van der Waals surface area contributed by atoms with Gasteiger partial charge in [-0.2, -0.15) is 0 Å². The Kier molecular flexibility index (Phi) is 6.00. The number of fused-ring (bicyclic) bond motifs is 1. The third kappa shape index (κ3) is 3.92. The quantitative estimate of drug-likeness (QED) is 0.363. The van der Waals surface area contributed by atoms with Crippen molar-refractivity contribution in [3.05, 3.63) is 65.5 Å². The number of nitrogen functional groups attached to an aromatic ring is 1. The van der Waals surface area contributed by atoms with E-state index in [9.17, 15) is 4.79 Å².